The molecule has 4 nitrogen and oxygen atoms in total. The van der Waals surface area contributed by atoms with Crippen LogP contribution in [0.1, 0.15) is 29.5 Å². The Balaban J connectivity index is 1.87. The largest absolute Gasteiger partial charge is 0.491 e. The summed E-state index contributed by atoms with van der Waals surface area (Å²) in [5, 5.41) is 3.38. The fourth-order valence-electron chi connectivity index (χ4n) is 2.98. The molecule has 0 saturated heterocycles. The van der Waals surface area contributed by atoms with Gasteiger partial charge in [0.2, 0.25) is 0 Å². The lowest BCUT2D eigenvalue weighted by atomic mass is 9.89. The Hall–Kier alpha value is -1.55. The van der Waals surface area contributed by atoms with Crippen molar-refractivity contribution >= 4 is 5.84 Å². The third-order valence-corrected chi connectivity index (χ3v) is 4.17. The number of hydrogen-bond acceptors (Lipinski definition) is 4. The molecular formula is C17H25N3O. The average molecular weight is 287 g/mol. The number of hydrogen-bond donors (Lipinski definition) is 1. The van der Waals surface area contributed by atoms with Crippen molar-refractivity contribution in [2.24, 2.45) is 4.99 Å². The van der Waals surface area contributed by atoms with E-state index in [4.69, 9.17) is 4.74 Å². The maximum atomic E-state index is 6.06. The van der Waals surface area contributed by atoms with Gasteiger partial charge >= 0.3 is 0 Å². The minimum Gasteiger partial charge on any atom is -0.491 e. The van der Waals surface area contributed by atoms with Crippen LogP contribution < -0.4 is 10.1 Å². The van der Waals surface area contributed by atoms with Crippen LogP contribution in [0.15, 0.2) is 17.1 Å². The summed E-state index contributed by atoms with van der Waals surface area (Å²) in [6.07, 6.45) is 4.96. The predicted octanol–water partition coefficient (Wildman–Crippen LogP) is 1.86. The molecule has 1 aromatic rings. The first-order chi connectivity index (χ1) is 10.2. The van der Waals surface area contributed by atoms with Crippen molar-refractivity contribution < 1.29 is 4.74 Å². The zero-order valence-corrected chi connectivity index (χ0v) is 13.1. The molecule has 0 radical (unpaired) electrons. The molecule has 1 N–H and O–H groups in total. The van der Waals surface area contributed by atoms with Crippen molar-refractivity contribution in [2.75, 3.05) is 40.3 Å². The summed E-state index contributed by atoms with van der Waals surface area (Å²) in [5.74, 6) is 1.99. The predicted molar refractivity (Wildman–Crippen MR) is 86.5 cm³/mol. The van der Waals surface area contributed by atoms with Gasteiger partial charge in [0.15, 0.2) is 0 Å². The number of rotatable bonds is 5. The van der Waals surface area contributed by atoms with Crippen LogP contribution in [0.4, 0.5) is 0 Å². The Bertz CT molecular complexity index is 537. The number of amidine groups is 1. The van der Waals surface area contributed by atoms with Gasteiger partial charge in [-0.15, -0.1) is 0 Å². The summed E-state index contributed by atoms with van der Waals surface area (Å²) in [7, 11) is 4.14. The van der Waals surface area contributed by atoms with Gasteiger partial charge < -0.3 is 15.0 Å². The van der Waals surface area contributed by atoms with Crippen molar-refractivity contribution in [3.63, 3.8) is 0 Å². The maximum Gasteiger partial charge on any atom is 0.132 e. The van der Waals surface area contributed by atoms with E-state index in [1.54, 1.807) is 0 Å². The van der Waals surface area contributed by atoms with Crippen molar-refractivity contribution in [2.45, 2.75) is 25.7 Å². The second-order valence-corrected chi connectivity index (χ2v) is 6.13. The first kappa shape index (κ1) is 14.4. The fraction of sp³-hybridized carbons (Fsp3) is 0.588. The normalized spacial score (nSPS) is 17.4. The third-order valence-electron chi connectivity index (χ3n) is 4.17. The number of aryl methyl sites for hydroxylation is 2. The van der Waals surface area contributed by atoms with Crippen LogP contribution in [0.2, 0.25) is 0 Å². The monoisotopic (exact) mass is 287 g/mol. The van der Waals surface area contributed by atoms with E-state index >= 15 is 0 Å². The lowest BCUT2D eigenvalue weighted by molar-refractivity contribution is 0.260. The lowest BCUT2D eigenvalue weighted by Crippen LogP contribution is -2.23. The van der Waals surface area contributed by atoms with E-state index in [2.05, 4.69) is 41.4 Å². The Kier molecular flexibility index (Phi) is 4.44. The van der Waals surface area contributed by atoms with Crippen molar-refractivity contribution in [1.82, 2.24) is 10.2 Å². The SMILES string of the molecule is CN(C)CCOc1cc2c(cc1C1=NCCN1)CCCC2. The molecule has 0 atom stereocenters. The van der Waals surface area contributed by atoms with Crippen molar-refractivity contribution in [3.05, 3.63) is 28.8 Å². The number of fused-ring (bicyclic) bond motifs is 1. The molecule has 2 aliphatic rings. The molecule has 1 heterocycles. The first-order valence-corrected chi connectivity index (χ1v) is 7.96. The van der Waals surface area contributed by atoms with Crippen molar-refractivity contribution in [3.8, 4) is 5.75 Å². The Labute approximate surface area is 127 Å². The minimum atomic E-state index is 0.714. The van der Waals surface area contributed by atoms with E-state index in [0.29, 0.717) is 6.61 Å². The van der Waals surface area contributed by atoms with Crippen LogP contribution in [0.3, 0.4) is 0 Å². The van der Waals surface area contributed by atoms with Gasteiger partial charge in [0.1, 0.15) is 18.2 Å². The fourth-order valence-corrected chi connectivity index (χ4v) is 2.98. The van der Waals surface area contributed by atoms with Crippen LogP contribution in [0.25, 0.3) is 0 Å². The van der Waals surface area contributed by atoms with Crippen LogP contribution >= 0.6 is 0 Å². The minimum absolute atomic E-state index is 0.714. The number of benzene rings is 1. The Morgan fingerprint density at radius 2 is 1.95 bits per heavy atom. The molecule has 0 amide bonds. The van der Waals surface area contributed by atoms with Crippen LogP contribution in [0, 0.1) is 0 Å². The van der Waals surface area contributed by atoms with Crippen LogP contribution in [-0.2, 0) is 12.8 Å². The zero-order chi connectivity index (χ0) is 14.7. The lowest BCUT2D eigenvalue weighted by Gasteiger charge is -2.21. The molecule has 0 bridgehead atoms. The highest BCUT2D eigenvalue weighted by Crippen LogP contribution is 2.30. The second-order valence-electron chi connectivity index (χ2n) is 6.13. The third kappa shape index (κ3) is 3.38. The molecule has 3 rings (SSSR count). The van der Waals surface area contributed by atoms with Gasteiger partial charge in [-0.05, 0) is 63.0 Å². The van der Waals surface area contributed by atoms with Crippen molar-refractivity contribution in [1.29, 1.82) is 0 Å². The molecule has 0 spiro atoms. The highest BCUT2D eigenvalue weighted by Gasteiger charge is 2.19. The molecular weight excluding hydrogens is 262 g/mol. The van der Waals surface area contributed by atoms with Gasteiger partial charge in [0, 0.05) is 13.1 Å². The van der Waals surface area contributed by atoms with Crippen LogP contribution in [0.5, 0.6) is 5.75 Å². The molecule has 1 aliphatic heterocycles. The van der Waals surface area contributed by atoms with Gasteiger partial charge in [0.25, 0.3) is 0 Å². The number of ether oxygens (including phenoxy) is 1. The van der Waals surface area contributed by atoms with Gasteiger partial charge in [-0.25, -0.2) is 0 Å². The molecule has 4 heteroatoms. The van der Waals surface area contributed by atoms with E-state index in [9.17, 15) is 0 Å². The van der Waals surface area contributed by atoms with Crippen LogP contribution in [-0.4, -0.2) is 51.1 Å². The highest BCUT2D eigenvalue weighted by atomic mass is 16.5. The Morgan fingerprint density at radius 3 is 2.62 bits per heavy atom. The molecule has 0 fully saturated rings. The van der Waals surface area contributed by atoms with Gasteiger partial charge in [-0.2, -0.15) is 0 Å². The standard InChI is InChI=1S/C17H25N3O/c1-20(2)9-10-21-16-12-14-6-4-3-5-13(14)11-15(16)17-18-7-8-19-17/h11-12H,3-10H2,1-2H3,(H,18,19). The smallest absolute Gasteiger partial charge is 0.132 e. The summed E-state index contributed by atoms with van der Waals surface area (Å²) in [4.78, 5) is 6.72. The number of aliphatic imine (C=N–C) groups is 1. The zero-order valence-electron chi connectivity index (χ0n) is 13.1. The van der Waals surface area contributed by atoms with E-state index < -0.39 is 0 Å². The van der Waals surface area contributed by atoms with E-state index in [0.717, 1.165) is 36.8 Å². The topological polar surface area (TPSA) is 36.9 Å². The van der Waals surface area contributed by atoms with Gasteiger partial charge in [-0.1, -0.05) is 0 Å². The summed E-state index contributed by atoms with van der Waals surface area (Å²) in [6, 6.07) is 4.55. The molecule has 21 heavy (non-hydrogen) atoms. The first-order valence-electron chi connectivity index (χ1n) is 7.96. The molecule has 0 aromatic heterocycles. The van der Waals surface area contributed by atoms with E-state index in [1.165, 1.54) is 36.8 Å². The highest BCUT2D eigenvalue weighted by molar-refractivity contribution is 6.02. The number of likely N-dealkylation sites (N-methyl/N-ethyl adjacent to an activating group) is 1. The summed E-state index contributed by atoms with van der Waals surface area (Å²) in [5.41, 5.74) is 4.09. The van der Waals surface area contributed by atoms with E-state index in [-0.39, 0.29) is 0 Å². The molecule has 1 aliphatic carbocycles. The summed E-state index contributed by atoms with van der Waals surface area (Å²) < 4.78 is 6.06. The number of nitrogens with zero attached hydrogens (tertiary/aromatic N) is 2. The molecule has 114 valence electrons. The molecule has 0 unspecified atom stereocenters. The second kappa shape index (κ2) is 6.48. The molecule has 1 aromatic carbocycles. The quantitative estimate of drug-likeness (QED) is 0.898. The van der Waals surface area contributed by atoms with Gasteiger partial charge in [-0.3, -0.25) is 4.99 Å². The number of nitrogens with one attached hydrogen (secondary N) is 1. The molecule has 0 saturated carbocycles. The Morgan fingerprint density at radius 1 is 1.19 bits per heavy atom. The van der Waals surface area contributed by atoms with Gasteiger partial charge in [0.05, 0.1) is 12.1 Å². The van der Waals surface area contributed by atoms with E-state index in [1.807, 2.05) is 0 Å². The maximum absolute atomic E-state index is 6.06. The summed E-state index contributed by atoms with van der Waals surface area (Å²) >= 11 is 0. The average Bonchev–Trinajstić information content (AvgIpc) is 3.00. The summed E-state index contributed by atoms with van der Waals surface area (Å²) in [6.45, 7) is 3.44.